The summed E-state index contributed by atoms with van der Waals surface area (Å²) < 4.78 is 0. The molecule has 1 aromatic carbocycles. The zero-order valence-electron chi connectivity index (χ0n) is 10.7. The van der Waals surface area contributed by atoms with E-state index in [1.807, 2.05) is 4.90 Å². The minimum atomic E-state index is -0.0833. The fourth-order valence-corrected chi connectivity index (χ4v) is 2.70. The second-order valence-corrected chi connectivity index (χ2v) is 5.23. The van der Waals surface area contributed by atoms with E-state index in [4.69, 9.17) is 16.7 Å². The maximum absolute atomic E-state index is 12.5. The van der Waals surface area contributed by atoms with E-state index in [-0.39, 0.29) is 29.3 Å². The molecule has 4 nitrogen and oxygen atoms in total. The summed E-state index contributed by atoms with van der Waals surface area (Å²) in [7, 11) is 0. The molecule has 1 atom stereocenters. The van der Waals surface area contributed by atoms with Gasteiger partial charge in [-0.25, -0.2) is 0 Å². The van der Waals surface area contributed by atoms with Gasteiger partial charge in [0.15, 0.2) is 0 Å². The van der Waals surface area contributed by atoms with Crippen molar-refractivity contribution in [3.8, 4) is 5.75 Å². The Labute approximate surface area is 117 Å². The molecular weight excluding hydrogens is 266 g/mol. The number of carbonyl (C=O) groups is 1. The Morgan fingerprint density at radius 2 is 2.21 bits per heavy atom. The van der Waals surface area contributed by atoms with E-state index in [1.54, 1.807) is 6.07 Å². The number of halogens is 1. The molecule has 2 rings (SSSR count). The Balaban J connectivity index is 2.18. The quantitative estimate of drug-likeness (QED) is 0.896. The van der Waals surface area contributed by atoms with Crippen molar-refractivity contribution in [2.45, 2.75) is 31.7 Å². The molecule has 104 valence electrons. The Bertz CT molecular complexity index is 462. The summed E-state index contributed by atoms with van der Waals surface area (Å²) in [6.07, 6.45) is 3.61. The van der Waals surface area contributed by atoms with E-state index >= 15 is 0 Å². The Morgan fingerprint density at radius 1 is 1.42 bits per heavy atom. The summed E-state index contributed by atoms with van der Waals surface area (Å²) in [5, 5.41) is 18.6. The molecule has 1 aromatic rings. The van der Waals surface area contributed by atoms with Gasteiger partial charge >= 0.3 is 0 Å². The number of phenols is 1. The van der Waals surface area contributed by atoms with Crippen molar-refractivity contribution in [1.29, 1.82) is 0 Å². The molecule has 0 bridgehead atoms. The lowest BCUT2D eigenvalue weighted by molar-refractivity contribution is 0.0574. The van der Waals surface area contributed by atoms with Crippen LogP contribution in [0.3, 0.4) is 0 Å². The summed E-state index contributed by atoms with van der Waals surface area (Å²) in [6, 6.07) is 4.59. The number of nitrogens with zero attached hydrogens (tertiary/aromatic N) is 1. The Hall–Kier alpha value is -1.26. The van der Waals surface area contributed by atoms with Gasteiger partial charge in [-0.3, -0.25) is 4.79 Å². The number of carbonyl (C=O) groups excluding carboxylic acids is 1. The van der Waals surface area contributed by atoms with E-state index in [9.17, 15) is 9.90 Å². The summed E-state index contributed by atoms with van der Waals surface area (Å²) in [6.45, 7) is 0.798. The second-order valence-electron chi connectivity index (χ2n) is 4.83. The number of hydrogen-bond donors (Lipinski definition) is 2. The first kappa shape index (κ1) is 14.2. The highest BCUT2D eigenvalue weighted by atomic mass is 35.5. The van der Waals surface area contributed by atoms with Gasteiger partial charge in [0.05, 0.1) is 5.02 Å². The van der Waals surface area contributed by atoms with Gasteiger partial charge in [0.2, 0.25) is 0 Å². The molecule has 5 heteroatoms. The normalized spacial score (nSPS) is 19.5. The number of aliphatic hydroxyl groups excluding tert-OH is 1. The lowest BCUT2D eigenvalue weighted by Crippen LogP contribution is -2.44. The zero-order chi connectivity index (χ0) is 13.8. The van der Waals surface area contributed by atoms with Crippen LogP contribution in [0.5, 0.6) is 5.75 Å². The van der Waals surface area contributed by atoms with E-state index in [2.05, 4.69) is 0 Å². The van der Waals surface area contributed by atoms with Crippen LogP contribution in [0.4, 0.5) is 0 Å². The van der Waals surface area contributed by atoms with Crippen LogP contribution in [0.15, 0.2) is 18.2 Å². The number of likely N-dealkylation sites (tertiary alicyclic amines) is 1. The first-order valence-electron chi connectivity index (χ1n) is 6.54. The van der Waals surface area contributed by atoms with Crippen LogP contribution in [0.1, 0.15) is 36.0 Å². The largest absolute Gasteiger partial charge is 0.506 e. The number of hydrogen-bond acceptors (Lipinski definition) is 3. The van der Waals surface area contributed by atoms with Gasteiger partial charge in [-0.1, -0.05) is 11.6 Å². The molecule has 19 heavy (non-hydrogen) atoms. The molecule has 1 fully saturated rings. The van der Waals surface area contributed by atoms with Crippen molar-refractivity contribution >= 4 is 17.5 Å². The summed E-state index contributed by atoms with van der Waals surface area (Å²) in [5.41, 5.74) is 0.479. The molecule has 0 radical (unpaired) electrons. The van der Waals surface area contributed by atoms with Crippen LogP contribution in [0.25, 0.3) is 0 Å². The van der Waals surface area contributed by atoms with Gasteiger partial charge in [0.25, 0.3) is 5.91 Å². The maximum Gasteiger partial charge on any atom is 0.254 e. The van der Waals surface area contributed by atoms with Crippen molar-refractivity contribution in [2.75, 3.05) is 13.2 Å². The molecule has 2 N–H and O–H groups in total. The monoisotopic (exact) mass is 283 g/mol. The summed E-state index contributed by atoms with van der Waals surface area (Å²) in [4.78, 5) is 14.3. The van der Waals surface area contributed by atoms with Gasteiger partial charge < -0.3 is 15.1 Å². The van der Waals surface area contributed by atoms with Crippen LogP contribution in [0.2, 0.25) is 5.02 Å². The number of aliphatic hydroxyl groups is 1. The molecule has 0 aliphatic carbocycles. The first-order chi connectivity index (χ1) is 9.13. The van der Waals surface area contributed by atoms with Crippen LogP contribution < -0.4 is 0 Å². The molecule has 1 amide bonds. The van der Waals surface area contributed by atoms with Crippen molar-refractivity contribution < 1.29 is 15.0 Å². The van der Waals surface area contributed by atoms with Crippen molar-refractivity contribution in [1.82, 2.24) is 4.90 Å². The predicted molar refractivity (Wildman–Crippen MR) is 73.5 cm³/mol. The smallest absolute Gasteiger partial charge is 0.254 e. The van der Waals surface area contributed by atoms with E-state index in [0.29, 0.717) is 18.5 Å². The lowest BCUT2D eigenvalue weighted by atomic mass is 9.98. The number of rotatable bonds is 3. The van der Waals surface area contributed by atoms with E-state index in [1.165, 1.54) is 12.1 Å². The average molecular weight is 284 g/mol. The number of benzene rings is 1. The van der Waals surface area contributed by atoms with Crippen LogP contribution in [0, 0.1) is 0 Å². The zero-order valence-corrected chi connectivity index (χ0v) is 11.4. The number of amides is 1. The minimum absolute atomic E-state index is 0.0243. The third-order valence-corrected chi connectivity index (χ3v) is 3.85. The highest BCUT2D eigenvalue weighted by Crippen LogP contribution is 2.26. The Kier molecular flexibility index (Phi) is 4.66. The molecule has 1 aliphatic rings. The molecule has 0 aromatic heterocycles. The third kappa shape index (κ3) is 3.19. The minimum Gasteiger partial charge on any atom is -0.506 e. The molecule has 1 unspecified atom stereocenters. The first-order valence-corrected chi connectivity index (χ1v) is 6.91. The molecule has 0 saturated carbocycles. The third-order valence-electron chi connectivity index (χ3n) is 3.54. The standard InChI is InChI=1S/C14H18ClNO3/c15-12-9-10(4-5-13(12)18)14(19)16-7-2-1-3-11(16)6-8-17/h4-5,9,11,17-18H,1-3,6-8H2. The second kappa shape index (κ2) is 6.26. The topological polar surface area (TPSA) is 60.8 Å². The lowest BCUT2D eigenvalue weighted by Gasteiger charge is -2.35. The molecule has 1 saturated heterocycles. The fourth-order valence-electron chi connectivity index (χ4n) is 2.52. The molecule has 0 spiro atoms. The Morgan fingerprint density at radius 3 is 2.89 bits per heavy atom. The van der Waals surface area contributed by atoms with Crippen LogP contribution in [-0.2, 0) is 0 Å². The van der Waals surface area contributed by atoms with Gasteiger partial charge in [0.1, 0.15) is 5.75 Å². The van der Waals surface area contributed by atoms with Gasteiger partial charge in [-0.2, -0.15) is 0 Å². The van der Waals surface area contributed by atoms with Gasteiger partial charge in [-0.05, 0) is 43.9 Å². The molecule has 1 heterocycles. The summed E-state index contributed by atoms with van der Waals surface area (Å²) >= 11 is 5.83. The number of piperidine rings is 1. The highest BCUT2D eigenvalue weighted by molar-refractivity contribution is 6.32. The predicted octanol–water partition coefficient (Wildman–Crippen LogP) is 2.42. The van der Waals surface area contributed by atoms with Crippen LogP contribution in [-0.4, -0.2) is 40.2 Å². The van der Waals surface area contributed by atoms with Crippen molar-refractivity contribution in [2.24, 2.45) is 0 Å². The van der Waals surface area contributed by atoms with E-state index in [0.717, 1.165) is 19.3 Å². The van der Waals surface area contributed by atoms with E-state index < -0.39 is 0 Å². The van der Waals surface area contributed by atoms with Crippen LogP contribution >= 0.6 is 11.6 Å². The van der Waals surface area contributed by atoms with Crippen molar-refractivity contribution in [3.63, 3.8) is 0 Å². The maximum atomic E-state index is 12.5. The molecule has 1 aliphatic heterocycles. The van der Waals surface area contributed by atoms with Crippen molar-refractivity contribution in [3.05, 3.63) is 28.8 Å². The fraction of sp³-hybridized carbons (Fsp3) is 0.500. The number of phenolic OH excluding ortho intramolecular Hbond substituents is 1. The summed E-state index contributed by atoms with van der Waals surface area (Å²) in [5.74, 6) is -0.108. The van der Waals surface area contributed by atoms with Gasteiger partial charge in [-0.15, -0.1) is 0 Å². The SMILES string of the molecule is O=C(c1ccc(O)c(Cl)c1)N1CCCCC1CCO. The number of aromatic hydroxyl groups is 1. The van der Waals surface area contributed by atoms with Gasteiger partial charge in [0, 0.05) is 24.8 Å². The average Bonchev–Trinajstić information content (AvgIpc) is 2.42. The molecular formula is C14H18ClNO3. The highest BCUT2D eigenvalue weighted by Gasteiger charge is 2.27.